The Hall–Kier alpha value is -0.130. The zero-order chi connectivity index (χ0) is 8.48. The van der Waals surface area contributed by atoms with E-state index in [2.05, 4.69) is 0 Å². The molecule has 1 fully saturated rings. The van der Waals surface area contributed by atoms with E-state index in [4.69, 9.17) is 0 Å². The molecule has 0 saturated carbocycles. The van der Waals surface area contributed by atoms with Crippen LogP contribution in [0.2, 0.25) is 0 Å². The SMILES string of the molecule is CN1CCS(=O)(=O)CCN1C. The van der Waals surface area contributed by atoms with Crippen molar-refractivity contribution in [2.24, 2.45) is 0 Å². The molecule has 0 spiro atoms. The van der Waals surface area contributed by atoms with Crippen LogP contribution in [-0.4, -0.2) is 57.1 Å². The Morgan fingerprint density at radius 1 is 1.00 bits per heavy atom. The quantitative estimate of drug-likeness (QED) is 0.486. The molecule has 0 aromatic rings. The monoisotopic (exact) mass is 178 g/mol. The molecular weight excluding hydrogens is 164 g/mol. The first-order valence-corrected chi connectivity index (χ1v) is 5.46. The van der Waals surface area contributed by atoms with Crippen LogP contribution < -0.4 is 0 Å². The Morgan fingerprint density at radius 3 is 1.73 bits per heavy atom. The summed E-state index contributed by atoms with van der Waals surface area (Å²) >= 11 is 0. The zero-order valence-corrected chi connectivity index (χ0v) is 7.76. The second-order valence-electron chi connectivity index (χ2n) is 2.91. The van der Waals surface area contributed by atoms with Gasteiger partial charge in [-0.15, -0.1) is 0 Å². The smallest absolute Gasteiger partial charge is 0.152 e. The summed E-state index contributed by atoms with van der Waals surface area (Å²) in [5, 5.41) is 3.87. The molecule has 66 valence electrons. The first-order chi connectivity index (χ1) is 5.01. The predicted octanol–water partition coefficient (Wildman–Crippen LogP) is -0.807. The molecule has 1 aliphatic heterocycles. The highest BCUT2D eigenvalue weighted by Crippen LogP contribution is 2.01. The van der Waals surface area contributed by atoms with Crippen molar-refractivity contribution in [3.8, 4) is 0 Å². The maximum atomic E-state index is 11.1. The fraction of sp³-hybridized carbons (Fsp3) is 1.00. The van der Waals surface area contributed by atoms with Gasteiger partial charge in [-0.1, -0.05) is 0 Å². The summed E-state index contributed by atoms with van der Waals surface area (Å²) in [5.41, 5.74) is 0. The van der Waals surface area contributed by atoms with E-state index in [0.717, 1.165) is 0 Å². The van der Waals surface area contributed by atoms with Crippen molar-refractivity contribution in [1.82, 2.24) is 10.0 Å². The van der Waals surface area contributed by atoms with Gasteiger partial charge in [-0.3, -0.25) is 0 Å². The molecule has 11 heavy (non-hydrogen) atoms. The molecule has 0 aromatic carbocycles. The van der Waals surface area contributed by atoms with Crippen molar-refractivity contribution in [3.05, 3.63) is 0 Å². The first kappa shape index (κ1) is 8.96. The summed E-state index contributed by atoms with van der Waals surface area (Å²) in [6.45, 7) is 1.22. The average molecular weight is 178 g/mol. The van der Waals surface area contributed by atoms with Crippen molar-refractivity contribution < 1.29 is 8.42 Å². The van der Waals surface area contributed by atoms with Crippen LogP contribution >= 0.6 is 0 Å². The molecule has 0 amide bonds. The fourth-order valence-corrected chi connectivity index (χ4v) is 2.27. The summed E-state index contributed by atoms with van der Waals surface area (Å²) in [5.74, 6) is 0.571. The Kier molecular flexibility index (Phi) is 2.51. The van der Waals surface area contributed by atoms with E-state index >= 15 is 0 Å². The minimum Gasteiger partial charge on any atom is -0.244 e. The topological polar surface area (TPSA) is 40.6 Å². The lowest BCUT2D eigenvalue weighted by molar-refractivity contribution is 0.0439. The van der Waals surface area contributed by atoms with E-state index in [0.29, 0.717) is 13.1 Å². The van der Waals surface area contributed by atoms with Crippen molar-refractivity contribution in [2.45, 2.75) is 0 Å². The number of hydrazine groups is 1. The third-order valence-electron chi connectivity index (χ3n) is 2.03. The van der Waals surface area contributed by atoms with Crippen LogP contribution in [0, 0.1) is 0 Å². The molecule has 1 aliphatic rings. The van der Waals surface area contributed by atoms with Crippen LogP contribution in [0.25, 0.3) is 0 Å². The second kappa shape index (κ2) is 3.08. The van der Waals surface area contributed by atoms with E-state index in [1.165, 1.54) is 0 Å². The van der Waals surface area contributed by atoms with Crippen LogP contribution in [0.15, 0.2) is 0 Å². The van der Waals surface area contributed by atoms with Gasteiger partial charge in [-0.05, 0) is 0 Å². The molecule has 0 unspecified atom stereocenters. The fourth-order valence-electron chi connectivity index (χ4n) is 0.986. The molecule has 0 atom stereocenters. The standard InChI is InChI=1S/C6H14N2O2S/c1-7-3-5-11(9,10)6-4-8(7)2/h3-6H2,1-2H3. The van der Waals surface area contributed by atoms with Crippen molar-refractivity contribution in [2.75, 3.05) is 38.7 Å². The van der Waals surface area contributed by atoms with Gasteiger partial charge in [0.15, 0.2) is 9.84 Å². The number of hydrogen-bond acceptors (Lipinski definition) is 4. The largest absolute Gasteiger partial charge is 0.244 e. The second-order valence-corrected chi connectivity index (χ2v) is 5.22. The highest BCUT2D eigenvalue weighted by molar-refractivity contribution is 7.91. The van der Waals surface area contributed by atoms with Gasteiger partial charge in [0, 0.05) is 27.2 Å². The Labute approximate surface area is 67.7 Å². The van der Waals surface area contributed by atoms with Gasteiger partial charge in [0.05, 0.1) is 11.5 Å². The van der Waals surface area contributed by atoms with Gasteiger partial charge in [0.25, 0.3) is 0 Å². The van der Waals surface area contributed by atoms with Crippen LogP contribution in [0.5, 0.6) is 0 Å². The van der Waals surface area contributed by atoms with Crippen LogP contribution in [0.3, 0.4) is 0 Å². The molecule has 5 heteroatoms. The van der Waals surface area contributed by atoms with Crippen LogP contribution in [-0.2, 0) is 9.84 Å². The number of sulfone groups is 1. The van der Waals surface area contributed by atoms with E-state index in [1.807, 2.05) is 24.1 Å². The Bertz CT molecular complexity index is 207. The Morgan fingerprint density at radius 2 is 1.36 bits per heavy atom. The Balaban J connectivity index is 2.66. The van der Waals surface area contributed by atoms with E-state index in [1.54, 1.807) is 0 Å². The number of nitrogens with zero attached hydrogens (tertiary/aromatic N) is 2. The van der Waals surface area contributed by atoms with Gasteiger partial charge in [-0.25, -0.2) is 18.4 Å². The van der Waals surface area contributed by atoms with Crippen LogP contribution in [0.4, 0.5) is 0 Å². The van der Waals surface area contributed by atoms with Gasteiger partial charge in [0.1, 0.15) is 0 Å². The van der Waals surface area contributed by atoms with E-state index in [-0.39, 0.29) is 11.5 Å². The normalized spacial score (nSPS) is 28.2. The number of hydrogen-bond donors (Lipinski definition) is 0. The molecule has 0 aromatic heterocycles. The molecule has 0 bridgehead atoms. The number of rotatable bonds is 0. The van der Waals surface area contributed by atoms with Crippen molar-refractivity contribution >= 4 is 9.84 Å². The van der Waals surface area contributed by atoms with Gasteiger partial charge in [-0.2, -0.15) is 0 Å². The predicted molar refractivity (Wildman–Crippen MR) is 43.9 cm³/mol. The molecule has 0 N–H and O–H groups in total. The highest BCUT2D eigenvalue weighted by atomic mass is 32.2. The summed E-state index contributed by atoms with van der Waals surface area (Å²) < 4.78 is 22.2. The van der Waals surface area contributed by atoms with E-state index in [9.17, 15) is 8.42 Å². The molecule has 0 radical (unpaired) electrons. The summed E-state index contributed by atoms with van der Waals surface area (Å²) in [7, 11) is 1.04. The molecule has 1 rings (SSSR count). The van der Waals surface area contributed by atoms with Gasteiger partial charge >= 0.3 is 0 Å². The maximum Gasteiger partial charge on any atom is 0.152 e. The summed E-state index contributed by atoms with van der Waals surface area (Å²) in [6, 6.07) is 0. The van der Waals surface area contributed by atoms with Gasteiger partial charge < -0.3 is 0 Å². The molecule has 1 saturated heterocycles. The minimum atomic E-state index is -2.77. The summed E-state index contributed by atoms with van der Waals surface area (Å²) in [4.78, 5) is 0. The summed E-state index contributed by atoms with van der Waals surface area (Å²) in [6.07, 6.45) is 0. The average Bonchev–Trinajstić information content (AvgIpc) is 2.03. The van der Waals surface area contributed by atoms with Crippen LogP contribution in [0.1, 0.15) is 0 Å². The zero-order valence-electron chi connectivity index (χ0n) is 6.95. The maximum absolute atomic E-state index is 11.1. The van der Waals surface area contributed by atoms with E-state index < -0.39 is 9.84 Å². The molecule has 4 nitrogen and oxygen atoms in total. The van der Waals surface area contributed by atoms with Gasteiger partial charge in [0.2, 0.25) is 0 Å². The van der Waals surface area contributed by atoms with Crippen molar-refractivity contribution in [1.29, 1.82) is 0 Å². The molecule has 0 aliphatic carbocycles. The highest BCUT2D eigenvalue weighted by Gasteiger charge is 2.19. The van der Waals surface area contributed by atoms with Crippen molar-refractivity contribution in [3.63, 3.8) is 0 Å². The lowest BCUT2D eigenvalue weighted by Crippen LogP contribution is -2.37. The minimum absolute atomic E-state index is 0.286. The molecular formula is C6H14N2O2S. The lowest BCUT2D eigenvalue weighted by atomic mass is 10.7. The third kappa shape index (κ3) is 2.43. The third-order valence-corrected chi connectivity index (χ3v) is 3.64. The first-order valence-electron chi connectivity index (χ1n) is 3.64. The molecule has 1 heterocycles. The lowest BCUT2D eigenvalue weighted by Gasteiger charge is -2.24.